The number of hydrogen-bond donors (Lipinski definition) is 9. The molecule has 2 aliphatic heterocycles. The zero-order chi connectivity index (χ0) is 47.5. The van der Waals surface area contributed by atoms with Gasteiger partial charge in [0, 0.05) is 28.7 Å². The zero-order valence-electron chi connectivity index (χ0n) is 38.3. The highest BCUT2D eigenvalue weighted by atomic mass is 127. The predicted molar refractivity (Wildman–Crippen MR) is 245 cm³/mol. The fourth-order valence-electron chi connectivity index (χ4n) is 8.14. The third kappa shape index (κ3) is 13.1. The fourth-order valence-corrected chi connectivity index (χ4v) is 9.01. The standard InChI is InChI=1S/C43H69IN10O10/c1-9-13-15-43(44,12-4)26-18-30(58)54(42(26)63)16-14-28(56)49-31(22(5)6)40(62)48-24(8)39(61)45-19-29(57)50-32-27(20-55)64-41(35(60)34(32)59)53-38-33-37(46-21-47-38)52-36(51-33)25(11-3)17-23(7)10-2/h21-27,31-32,34-35,41,55,59-60H,9-20H2,1-8H3,(H,45,61)(H,48,62)(H,49,56)(H,50,57)(H2,46,47,51,52,53)/t23?,24-,25?,26?,27-,31-,32-,34+,35-,41-,43?/m0/s1. The van der Waals surface area contributed by atoms with Crippen LogP contribution in [0.5, 0.6) is 0 Å². The number of imidazole rings is 1. The van der Waals surface area contributed by atoms with Gasteiger partial charge < -0.3 is 51.6 Å². The number of amides is 6. The molecule has 11 atom stereocenters. The molecule has 9 N–H and O–H groups in total. The van der Waals surface area contributed by atoms with Crippen molar-refractivity contribution >= 4 is 75.0 Å². The molecule has 4 unspecified atom stereocenters. The molecule has 2 fully saturated rings. The smallest absolute Gasteiger partial charge is 0.243 e. The van der Waals surface area contributed by atoms with Gasteiger partial charge in [-0.15, -0.1) is 0 Å². The molecule has 6 amide bonds. The second-order valence-electron chi connectivity index (χ2n) is 17.5. The van der Waals surface area contributed by atoms with Gasteiger partial charge in [0.25, 0.3) is 0 Å². The SMILES string of the molecule is CCCCC(I)(CC)C1CC(=O)N(CCC(=O)N[C@H](C(=O)N[C@@H](C)C(=O)NCC(=O)N[C@@H]2[C@@H](O)[C@H](O)[C@@H](Nc3ncnc4nc(C(CC)CC(C)CC)[nH]c34)O[C@H]2CO)C(C)C)C1=O. The zero-order valence-corrected chi connectivity index (χ0v) is 40.4. The topological polar surface area (TPSA) is 290 Å². The minimum atomic E-state index is -1.63. The molecule has 0 aromatic carbocycles. The van der Waals surface area contributed by atoms with Crippen LogP contribution < -0.4 is 26.6 Å². The lowest BCUT2D eigenvalue weighted by Gasteiger charge is -2.42. The fraction of sp³-hybridized carbons (Fsp3) is 0.744. The molecular weight excluding hydrogens is 943 g/mol. The highest BCUT2D eigenvalue weighted by Gasteiger charge is 2.49. The summed E-state index contributed by atoms with van der Waals surface area (Å²) in [7, 11) is 0. The molecule has 20 nitrogen and oxygen atoms in total. The molecule has 2 aromatic rings. The van der Waals surface area contributed by atoms with E-state index in [-0.39, 0.29) is 46.4 Å². The molecule has 0 radical (unpaired) electrons. The summed E-state index contributed by atoms with van der Waals surface area (Å²) in [6.45, 7) is 13.9. The number of H-pyrrole nitrogens is 1. The number of unbranched alkanes of at least 4 members (excludes halogenated alkanes) is 1. The molecule has 358 valence electrons. The molecule has 4 heterocycles. The molecule has 4 rings (SSSR count). The van der Waals surface area contributed by atoms with Gasteiger partial charge in [-0.3, -0.25) is 33.7 Å². The summed E-state index contributed by atoms with van der Waals surface area (Å²) in [6.07, 6.45) is 1.79. The first-order valence-corrected chi connectivity index (χ1v) is 23.7. The monoisotopic (exact) mass is 1010 g/mol. The van der Waals surface area contributed by atoms with Gasteiger partial charge in [0.1, 0.15) is 48.1 Å². The number of rotatable bonds is 24. The van der Waals surface area contributed by atoms with Crippen LogP contribution in [0.3, 0.4) is 0 Å². The van der Waals surface area contributed by atoms with E-state index in [2.05, 4.69) is 96.8 Å². The van der Waals surface area contributed by atoms with Crippen molar-refractivity contribution in [3.63, 3.8) is 0 Å². The Balaban J connectivity index is 1.27. The number of alkyl halides is 1. The second-order valence-corrected chi connectivity index (χ2v) is 19.7. The number of anilines is 1. The molecule has 2 aromatic heterocycles. The van der Waals surface area contributed by atoms with Gasteiger partial charge in [-0.1, -0.05) is 90.3 Å². The largest absolute Gasteiger partial charge is 0.394 e. The summed E-state index contributed by atoms with van der Waals surface area (Å²) in [6, 6.07) is -3.49. The number of nitrogens with one attached hydrogen (secondary N) is 6. The highest BCUT2D eigenvalue weighted by molar-refractivity contribution is 14.1. The maximum absolute atomic E-state index is 13.3. The van der Waals surface area contributed by atoms with Crippen molar-refractivity contribution in [2.45, 2.75) is 165 Å². The molecular formula is C43H69IN10O10. The van der Waals surface area contributed by atoms with Crippen LogP contribution in [0.1, 0.15) is 125 Å². The average Bonchev–Trinajstić information content (AvgIpc) is 3.84. The number of imide groups is 1. The summed E-state index contributed by atoms with van der Waals surface area (Å²) in [5.41, 5.74) is 0.878. The number of fused-ring (bicyclic) bond motifs is 1. The molecule has 0 aliphatic carbocycles. The van der Waals surface area contributed by atoms with Crippen LogP contribution in [0.25, 0.3) is 11.2 Å². The van der Waals surface area contributed by atoms with Gasteiger partial charge in [0.2, 0.25) is 35.4 Å². The molecule has 2 aliphatic rings. The number of aromatic amines is 1. The first-order valence-electron chi connectivity index (χ1n) is 22.6. The van der Waals surface area contributed by atoms with E-state index in [1.54, 1.807) is 13.8 Å². The number of aromatic nitrogens is 4. The molecule has 0 spiro atoms. The van der Waals surface area contributed by atoms with Crippen LogP contribution in [-0.4, -0.2) is 141 Å². The van der Waals surface area contributed by atoms with Gasteiger partial charge in [-0.25, -0.2) is 15.0 Å². The minimum Gasteiger partial charge on any atom is -0.394 e. The van der Waals surface area contributed by atoms with Gasteiger partial charge in [0.05, 0.1) is 25.1 Å². The Bertz CT molecular complexity index is 1930. The molecule has 64 heavy (non-hydrogen) atoms. The number of nitrogens with zero attached hydrogens (tertiary/aromatic N) is 4. The first-order chi connectivity index (χ1) is 30.3. The summed E-state index contributed by atoms with van der Waals surface area (Å²) in [5.74, 6) is -2.54. The summed E-state index contributed by atoms with van der Waals surface area (Å²) in [5, 5.41) is 45.5. The molecule has 0 bridgehead atoms. The quantitative estimate of drug-likeness (QED) is 0.0413. The van der Waals surface area contributed by atoms with Crippen molar-refractivity contribution < 1.29 is 48.8 Å². The van der Waals surface area contributed by atoms with Crippen LogP contribution >= 0.6 is 22.6 Å². The lowest BCUT2D eigenvalue weighted by Crippen LogP contribution is -2.66. The lowest BCUT2D eigenvalue weighted by molar-refractivity contribution is -0.185. The van der Waals surface area contributed by atoms with E-state index in [9.17, 15) is 44.1 Å². The molecule has 21 heteroatoms. The number of likely N-dealkylation sites (tertiary alicyclic amines) is 1. The van der Waals surface area contributed by atoms with Crippen LogP contribution in [0, 0.1) is 17.8 Å². The van der Waals surface area contributed by atoms with Crippen molar-refractivity contribution in [3.05, 3.63) is 12.2 Å². The van der Waals surface area contributed by atoms with Crippen molar-refractivity contribution in [3.8, 4) is 0 Å². The Kier molecular flexibility index (Phi) is 19.6. The van der Waals surface area contributed by atoms with E-state index in [4.69, 9.17) is 4.74 Å². The average molecular weight is 1010 g/mol. The Morgan fingerprint density at radius 2 is 1.72 bits per heavy atom. The number of aliphatic hydroxyl groups is 3. The maximum Gasteiger partial charge on any atom is 0.243 e. The highest BCUT2D eigenvalue weighted by Crippen LogP contribution is 2.43. The molecule has 2 saturated heterocycles. The van der Waals surface area contributed by atoms with Gasteiger partial charge in [-0.2, -0.15) is 0 Å². The Labute approximate surface area is 388 Å². The van der Waals surface area contributed by atoms with Crippen molar-refractivity contribution in [2.24, 2.45) is 17.8 Å². The first kappa shape index (κ1) is 52.6. The van der Waals surface area contributed by atoms with E-state index in [0.717, 1.165) is 55.7 Å². The van der Waals surface area contributed by atoms with E-state index in [1.807, 2.05) is 6.92 Å². The van der Waals surface area contributed by atoms with E-state index >= 15 is 0 Å². The number of aliphatic hydroxyl groups excluding tert-OH is 3. The van der Waals surface area contributed by atoms with Crippen molar-refractivity contribution in [1.82, 2.24) is 46.1 Å². The van der Waals surface area contributed by atoms with Crippen LogP contribution in [0.4, 0.5) is 5.82 Å². The van der Waals surface area contributed by atoms with Gasteiger partial charge in [-0.05, 0) is 44.4 Å². The number of carbonyl (C=O) groups is 6. The third-order valence-corrected chi connectivity index (χ3v) is 14.6. The Hall–Kier alpha value is -4.06. The third-order valence-electron chi connectivity index (χ3n) is 12.5. The predicted octanol–water partition coefficient (Wildman–Crippen LogP) is 1.92. The normalized spacial score (nSPS) is 24.2. The van der Waals surface area contributed by atoms with Crippen LogP contribution in [0.2, 0.25) is 0 Å². The van der Waals surface area contributed by atoms with Crippen LogP contribution in [-0.2, 0) is 33.5 Å². The van der Waals surface area contributed by atoms with Gasteiger partial charge in [0.15, 0.2) is 17.7 Å². The summed E-state index contributed by atoms with van der Waals surface area (Å²) < 4.78 is 5.56. The number of hydrogen-bond acceptors (Lipinski definition) is 14. The second kappa shape index (κ2) is 23.9. The van der Waals surface area contributed by atoms with E-state index in [0.29, 0.717) is 17.1 Å². The maximum atomic E-state index is 13.3. The summed E-state index contributed by atoms with van der Waals surface area (Å²) in [4.78, 5) is 96.2. The number of halogens is 1. The van der Waals surface area contributed by atoms with E-state index in [1.165, 1.54) is 13.3 Å². The van der Waals surface area contributed by atoms with E-state index < -0.39 is 91.3 Å². The summed E-state index contributed by atoms with van der Waals surface area (Å²) >= 11 is 2.31. The Morgan fingerprint density at radius 1 is 1.00 bits per heavy atom. The minimum absolute atomic E-state index is 0.0993. The van der Waals surface area contributed by atoms with Crippen molar-refractivity contribution in [1.29, 1.82) is 0 Å². The number of carbonyl (C=O) groups excluding carboxylic acids is 6. The van der Waals surface area contributed by atoms with Crippen LogP contribution in [0.15, 0.2) is 6.33 Å². The van der Waals surface area contributed by atoms with Crippen molar-refractivity contribution in [2.75, 3.05) is 25.0 Å². The number of ether oxygens (including phenoxy) is 1. The lowest BCUT2D eigenvalue weighted by atomic mass is 9.84. The Morgan fingerprint density at radius 3 is 2.34 bits per heavy atom. The molecule has 0 saturated carbocycles. The van der Waals surface area contributed by atoms with Gasteiger partial charge >= 0.3 is 0 Å².